The molecular formula is C34H38FN5O6S. The molecule has 3 amide bonds. The van der Waals surface area contributed by atoms with Gasteiger partial charge < -0.3 is 21.5 Å². The lowest BCUT2D eigenvalue weighted by Gasteiger charge is -2.31. The average molecular weight is 664 g/mol. The van der Waals surface area contributed by atoms with Crippen molar-refractivity contribution in [2.75, 3.05) is 13.1 Å². The van der Waals surface area contributed by atoms with Crippen LogP contribution in [-0.2, 0) is 26.0 Å². The number of nitrogens with two attached hydrogens (primary N) is 1. The number of hydrogen-bond acceptors (Lipinski definition) is 7. The number of pyridine rings is 1. The zero-order valence-corrected chi connectivity index (χ0v) is 26.9. The predicted octanol–water partition coefficient (Wildman–Crippen LogP) is 2.78. The third kappa shape index (κ3) is 9.64. The van der Waals surface area contributed by atoms with Crippen LogP contribution >= 0.6 is 0 Å². The predicted molar refractivity (Wildman–Crippen MR) is 175 cm³/mol. The summed E-state index contributed by atoms with van der Waals surface area (Å²) >= 11 is 0. The fourth-order valence-electron chi connectivity index (χ4n) is 5.04. The smallest absolute Gasteiger partial charge is 0.270 e. The van der Waals surface area contributed by atoms with Gasteiger partial charge in [-0.2, -0.15) is 4.31 Å². The molecule has 1 aromatic heterocycles. The van der Waals surface area contributed by atoms with Gasteiger partial charge in [0.1, 0.15) is 17.6 Å². The van der Waals surface area contributed by atoms with Gasteiger partial charge in [0.2, 0.25) is 21.8 Å². The Bertz CT molecular complexity index is 1810. The Morgan fingerprint density at radius 2 is 1.55 bits per heavy atom. The largest absolute Gasteiger partial charge is 0.390 e. The van der Waals surface area contributed by atoms with Gasteiger partial charge >= 0.3 is 0 Å². The second-order valence-electron chi connectivity index (χ2n) is 11.6. The molecule has 13 heteroatoms. The Balaban J connectivity index is 1.59. The number of para-hydroxylation sites is 1. The van der Waals surface area contributed by atoms with Crippen LogP contribution in [0.3, 0.4) is 0 Å². The first-order valence-electron chi connectivity index (χ1n) is 15.1. The zero-order valence-electron chi connectivity index (χ0n) is 26.0. The first-order chi connectivity index (χ1) is 22.3. The summed E-state index contributed by atoms with van der Waals surface area (Å²) in [5.41, 5.74) is 6.73. The molecule has 4 aromatic rings. The van der Waals surface area contributed by atoms with Crippen LogP contribution < -0.4 is 16.4 Å². The summed E-state index contributed by atoms with van der Waals surface area (Å²) in [6.07, 6.45) is -1.90. The molecule has 0 fully saturated rings. The van der Waals surface area contributed by atoms with Crippen molar-refractivity contribution in [1.82, 2.24) is 19.9 Å². The van der Waals surface area contributed by atoms with E-state index < -0.39 is 64.7 Å². The Kier molecular flexibility index (Phi) is 11.8. The van der Waals surface area contributed by atoms with Crippen molar-refractivity contribution >= 4 is 38.6 Å². The van der Waals surface area contributed by atoms with Crippen LogP contribution in [0.15, 0.2) is 95.9 Å². The molecule has 0 spiro atoms. The summed E-state index contributed by atoms with van der Waals surface area (Å²) in [6.45, 7) is 3.24. The number of benzene rings is 3. The number of primary amides is 1. The molecule has 0 saturated heterocycles. The van der Waals surface area contributed by atoms with Crippen LogP contribution in [0.1, 0.15) is 36.3 Å². The SMILES string of the molecule is CC(C)CN(CC(O)C(Cc1ccccc1)NC(=O)[C@H](CC(N)=O)NC(=O)c1ccc2ccccc2n1)S(=O)(=O)c1ccc(F)cc1. The van der Waals surface area contributed by atoms with Crippen molar-refractivity contribution in [1.29, 1.82) is 0 Å². The summed E-state index contributed by atoms with van der Waals surface area (Å²) in [5.74, 6) is -3.12. The van der Waals surface area contributed by atoms with Gasteiger partial charge in [-0.1, -0.05) is 68.4 Å². The third-order valence-corrected chi connectivity index (χ3v) is 9.21. The minimum Gasteiger partial charge on any atom is -0.390 e. The van der Waals surface area contributed by atoms with Crippen molar-refractivity contribution in [3.8, 4) is 0 Å². The second kappa shape index (κ2) is 15.7. The summed E-state index contributed by atoms with van der Waals surface area (Å²) < 4.78 is 41.8. The van der Waals surface area contributed by atoms with Crippen molar-refractivity contribution in [3.05, 3.63) is 108 Å². The Hall–Kier alpha value is -4.72. The van der Waals surface area contributed by atoms with E-state index in [4.69, 9.17) is 5.73 Å². The van der Waals surface area contributed by atoms with Crippen LogP contribution in [0.5, 0.6) is 0 Å². The normalized spacial score (nSPS) is 13.7. The van der Waals surface area contributed by atoms with E-state index in [9.17, 15) is 32.3 Å². The number of sulfonamides is 1. The summed E-state index contributed by atoms with van der Waals surface area (Å²) in [4.78, 5) is 42.9. The highest BCUT2D eigenvalue weighted by atomic mass is 32.2. The lowest BCUT2D eigenvalue weighted by atomic mass is 10.00. The molecule has 0 radical (unpaired) electrons. The number of aliphatic hydroxyl groups is 1. The molecular weight excluding hydrogens is 625 g/mol. The van der Waals surface area contributed by atoms with E-state index >= 15 is 0 Å². The molecule has 2 unspecified atom stereocenters. The quantitative estimate of drug-likeness (QED) is 0.151. The highest BCUT2D eigenvalue weighted by molar-refractivity contribution is 7.89. The van der Waals surface area contributed by atoms with Crippen LogP contribution in [0, 0.1) is 11.7 Å². The molecule has 3 aromatic carbocycles. The van der Waals surface area contributed by atoms with Crippen molar-refractivity contribution in [2.24, 2.45) is 11.7 Å². The van der Waals surface area contributed by atoms with Crippen molar-refractivity contribution in [2.45, 2.75) is 49.8 Å². The number of amides is 3. The maximum Gasteiger partial charge on any atom is 0.270 e. The van der Waals surface area contributed by atoms with Gasteiger partial charge in [-0.15, -0.1) is 0 Å². The van der Waals surface area contributed by atoms with Crippen LogP contribution in [-0.4, -0.2) is 71.8 Å². The molecule has 0 saturated carbocycles. The molecule has 11 nitrogen and oxygen atoms in total. The van der Waals surface area contributed by atoms with Crippen molar-refractivity contribution in [3.63, 3.8) is 0 Å². The summed E-state index contributed by atoms with van der Waals surface area (Å²) in [7, 11) is -4.17. The van der Waals surface area contributed by atoms with Crippen LogP contribution in [0.2, 0.25) is 0 Å². The zero-order chi connectivity index (χ0) is 34.1. The summed E-state index contributed by atoms with van der Waals surface area (Å²) in [6, 6.07) is 21.1. The number of halogens is 1. The number of aromatic nitrogens is 1. The Morgan fingerprint density at radius 3 is 2.21 bits per heavy atom. The fourth-order valence-corrected chi connectivity index (χ4v) is 6.66. The molecule has 3 atom stereocenters. The van der Waals surface area contributed by atoms with E-state index in [1.54, 1.807) is 48.5 Å². The lowest BCUT2D eigenvalue weighted by Crippen LogP contribution is -2.56. The number of nitrogens with zero attached hydrogens (tertiary/aromatic N) is 2. The number of rotatable bonds is 15. The molecule has 0 aliphatic heterocycles. The average Bonchev–Trinajstić information content (AvgIpc) is 3.03. The number of fused-ring (bicyclic) bond motifs is 1. The van der Waals surface area contributed by atoms with Crippen molar-refractivity contribution < 1.29 is 32.3 Å². The standard InChI is InChI=1S/C34H38FN5O6S/c1-22(2)20-40(47(45,46)26-15-13-25(35)14-16-26)21-31(41)29(18-23-8-4-3-5-9-23)38-34(44)30(19-32(36)42)39-33(43)28-17-12-24-10-6-7-11-27(24)37-28/h3-17,22,29-31,41H,18-21H2,1-2H3,(H2,36,42)(H,38,44)(H,39,43)/t29?,30-,31?/m0/s1. The minimum absolute atomic E-state index is 0.0159. The number of carbonyl (C=O) groups is 3. The van der Waals surface area contributed by atoms with Gasteiger partial charge in [0, 0.05) is 18.5 Å². The van der Waals surface area contributed by atoms with E-state index in [0.717, 1.165) is 39.5 Å². The Labute approximate surface area is 273 Å². The van der Waals surface area contributed by atoms with Gasteiger partial charge in [-0.3, -0.25) is 14.4 Å². The molecule has 1 heterocycles. The van der Waals surface area contributed by atoms with Gasteiger partial charge in [0.05, 0.1) is 29.0 Å². The molecule has 0 aliphatic rings. The van der Waals surface area contributed by atoms with E-state index in [2.05, 4.69) is 15.6 Å². The maximum atomic E-state index is 13.6. The molecule has 4 rings (SSSR count). The molecule has 0 aliphatic carbocycles. The monoisotopic (exact) mass is 663 g/mol. The minimum atomic E-state index is -4.17. The number of aliphatic hydroxyl groups excluding tert-OH is 1. The van der Waals surface area contributed by atoms with Crippen LogP contribution in [0.25, 0.3) is 10.9 Å². The number of hydrogen-bond donors (Lipinski definition) is 4. The van der Waals surface area contributed by atoms with Gasteiger partial charge in [0.25, 0.3) is 5.91 Å². The van der Waals surface area contributed by atoms with E-state index in [1.807, 2.05) is 26.0 Å². The molecule has 248 valence electrons. The first kappa shape index (κ1) is 35.1. The van der Waals surface area contributed by atoms with E-state index in [1.165, 1.54) is 6.07 Å². The van der Waals surface area contributed by atoms with Gasteiger partial charge in [-0.25, -0.2) is 17.8 Å². The van der Waals surface area contributed by atoms with Gasteiger partial charge in [-0.05, 0) is 54.3 Å². The highest BCUT2D eigenvalue weighted by Gasteiger charge is 2.33. The third-order valence-electron chi connectivity index (χ3n) is 7.36. The Morgan fingerprint density at radius 1 is 0.894 bits per heavy atom. The molecule has 5 N–H and O–H groups in total. The van der Waals surface area contributed by atoms with E-state index in [-0.39, 0.29) is 29.5 Å². The maximum absolute atomic E-state index is 13.6. The van der Waals surface area contributed by atoms with Gasteiger partial charge in [0.15, 0.2) is 0 Å². The van der Waals surface area contributed by atoms with E-state index in [0.29, 0.717) is 5.52 Å². The first-order valence-corrected chi connectivity index (χ1v) is 16.5. The lowest BCUT2D eigenvalue weighted by molar-refractivity contribution is -0.128. The topological polar surface area (TPSA) is 172 Å². The second-order valence-corrected chi connectivity index (χ2v) is 13.6. The highest BCUT2D eigenvalue weighted by Crippen LogP contribution is 2.20. The number of nitrogens with one attached hydrogen (secondary N) is 2. The van der Waals surface area contributed by atoms with Crippen LogP contribution in [0.4, 0.5) is 4.39 Å². The summed E-state index contributed by atoms with van der Waals surface area (Å²) in [5, 5.41) is 17.6. The number of carbonyl (C=O) groups excluding carboxylic acids is 3. The molecule has 0 bridgehead atoms. The molecule has 47 heavy (non-hydrogen) atoms. The fraction of sp³-hybridized carbons (Fsp3) is 0.294.